The molecule has 4 saturated carbocycles. The summed E-state index contributed by atoms with van der Waals surface area (Å²) in [5.41, 5.74) is 3.70. The smallest absolute Gasteiger partial charge is 0.335 e. The van der Waals surface area contributed by atoms with E-state index in [1.165, 1.54) is 49.7 Å². The van der Waals surface area contributed by atoms with Crippen molar-refractivity contribution in [1.82, 2.24) is 19.5 Å². The summed E-state index contributed by atoms with van der Waals surface area (Å²) in [6, 6.07) is 8.16. The van der Waals surface area contributed by atoms with Crippen molar-refractivity contribution < 1.29 is 24.1 Å². The number of imidazole rings is 1. The number of aromatic nitrogens is 4. The van der Waals surface area contributed by atoms with Crippen LogP contribution in [-0.4, -0.2) is 60.2 Å². The van der Waals surface area contributed by atoms with Crippen LogP contribution in [0, 0.1) is 17.8 Å². The number of nitrogens with zero attached hydrogens (tertiary/aromatic N) is 4. The van der Waals surface area contributed by atoms with Gasteiger partial charge in [-0.2, -0.15) is 0 Å². The third-order valence-electron chi connectivity index (χ3n) is 10.2. The number of nitrogens with one attached hydrogen (secondary N) is 1. The molecular formula is C29H31N5O5. The lowest BCUT2D eigenvalue weighted by molar-refractivity contribution is -0.214. The molecule has 5 aliphatic carbocycles. The van der Waals surface area contributed by atoms with Gasteiger partial charge in [0.2, 0.25) is 0 Å². The first kappa shape index (κ1) is 22.7. The summed E-state index contributed by atoms with van der Waals surface area (Å²) in [5.74, 6) is 1.23. The molecule has 0 amide bonds. The molecule has 0 unspecified atom stereocenters. The van der Waals surface area contributed by atoms with Crippen molar-refractivity contribution in [2.45, 2.75) is 87.2 Å². The molecule has 7 aliphatic rings. The molecule has 10 nitrogen and oxygen atoms in total. The number of carboxylic acid groups (broad SMARTS) is 1. The Morgan fingerprint density at radius 3 is 2.28 bits per heavy atom. The largest absolute Gasteiger partial charge is 0.479 e. The maximum absolute atomic E-state index is 12.2. The highest BCUT2D eigenvalue weighted by Crippen LogP contribution is 2.57. The third-order valence-corrected chi connectivity index (χ3v) is 10.2. The number of ether oxygens (including phenoxy) is 3. The minimum Gasteiger partial charge on any atom is -0.479 e. The summed E-state index contributed by atoms with van der Waals surface area (Å²) in [6.07, 6.45) is 8.88. The number of fused-ring (bicyclic) bond motifs is 3. The van der Waals surface area contributed by atoms with Gasteiger partial charge >= 0.3 is 5.97 Å². The fourth-order valence-corrected chi connectivity index (χ4v) is 9.20. The lowest BCUT2D eigenvalue weighted by Gasteiger charge is -2.57. The van der Waals surface area contributed by atoms with E-state index in [1.54, 1.807) is 17.2 Å². The number of hydrogen-bond acceptors (Lipinski definition) is 8. The van der Waals surface area contributed by atoms with Crippen LogP contribution in [0.15, 0.2) is 36.9 Å². The molecule has 1 spiro atoms. The molecule has 2 aromatic heterocycles. The van der Waals surface area contributed by atoms with E-state index in [0.29, 0.717) is 24.0 Å². The second-order valence-corrected chi connectivity index (χ2v) is 12.9. The zero-order valence-corrected chi connectivity index (χ0v) is 21.5. The summed E-state index contributed by atoms with van der Waals surface area (Å²) in [5, 5.41) is 13.8. The molecule has 6 fully saturated rings. The first-order valence-corrected chi connectivity index (χ1v) is 14.2. The molecule has 39 heavy (non-hydrogen) atoms. The van der Waals surface area contributed by atoms with Gasteiger partial charge in [-0.1, -0.05) is 24.3 Å². The monoisotopic (exact) mass is 529 g/mol. The first-order valence-electron chi connectivity index (χ1n) is 14.2. The normalized spacial score (nSPS) is 38.9. The van der Waals surface area contributed by atoms with Gasteiger partial charge in [0.15, 0.2) is 35.1 Å². The van der Waals surface area contributed by atoms with Crippen molar-refractivity contribution >= 4 is 23.0 Å². The molecule has 2 N–H and O–H groups in total. The van der Waals surface area contributed by atoms with Crippen LogP contribution in [0.4, 0.5) is 5.82 Å². The molecule has 4 bridgehead atoms. The zero-order valence-electron chi connectivity index (χ0n) is 21.5. The highest BCUT2D eigenvalue weighted by molar-refractivity contribution is 5.83. The van der Waals surface area contributed by atoms with Gasteiger partial charge in [-0.3, -0.25) is 4.57 Å². The molecule has 4 atom stereocenters. The molecule has 2 aliphatic heterocycles. The van der Waals surface area contributed by atoms with Crippen molar-refractivity contribution in [3.63, 3.8) is 0 Å². The fourth-order valence-electron chi connectivity index (χ4n) is 9.20. The molecular weight excluding hydrogens is 498 g/mol. The molecule has 4 heterocycles. The predicted molar refractivity (Wildman–Crippen MR) is 138 cm³/mol. The molecule has 202 valence electrons. The highest BCUT2D eigenvalue weighted by Gasteiger charge is 2.62. The van der Waals surface area contributed by atoms with E-state index >= 15 is 0 Å². The van der Waals surface area contributed by atoms with Crippen LogP contribution in [0.3, 0.4) is 0 Å². The standard InChI is InChI=1S/C29H31N5O5/c35-27(36)23-21-22(39-29(38-21)11-18-3-1-2-4-19(18)12-29)26(37-23)34-14-32-20-24(30-13-31-25(20)34)33-28-8-15-5-16(9-28)7-17(6-15)10-28/h1-4,13-17,21-23,26H,5-12H2,(H,35,36)(H,30,31,33)/t15?,16?,17?,21-,22+,23-,26+,28?/m0/s1. The van der Waals surface area contributed by atoms with Crippen LogP contribution in [-0.2, 0) is 31.8 Å². The van der Waals surface area contributed by atoms with Crippen molar-refractivity contribution in [3.8, 4) is 0 Å². The van der Waals surface area contributed by atoms with Gasteiger partial charge in [-0.25, -0.2) is 19.7 Å². The van der Waals surface area contributed by atoms with Gasteiger partial charge < -0.3 is 24.6 Å². The number of carbonyl (C=O) groups is 1. The highest BCUT2D eigenvalue weighted by atomic mass is 16.8. The zero-order chi connectivity index (χ0) is 25.9. The Labute approximate surface area is 225 Å². The van der Waals surface area contributed by atoms with E-state index < -0.39 is 36.3 Å². The minimum absolute atomic E-state index is 0.0788. The third kappa shape index (κ3) is 3.31. The average molecular weight is 530 g/mol. The van der Waals surface area contributed by atoms with Crippen LogP contribution in [0.2, 0.25) is 0 Å². The molecule has 3 aromatic rings. The number of anilines is 1. The average Bonchev–Trinajstić information content (AvgIpc) is 3.64. The maximum atomic E-state index is 12.2. The van der Waals surface area contributed by atoms with Crippen molar-refractivity contribution in [2.24, 2.45) is 17.8 Å². The summed E-state index contributed by atoms with van der Waals surface area (Å²) in [6.45, 7) is 0. The second kappa shape index (κ2) is 7.77. The Morgan fingerprint density at radius 2 is 1.62 bits per heavy atom. The van der Waals surface area contributed by atoms with E-state index in [0.717, 1.165) is 23.6 Å². The predicted octanol–water partition coefficient (Wildman–Crippen LogP) is 3.47. The van der Waals surface area contributed by atoms with E-state index in [2.05, 4.69) is 27.4 Å². The van der Waals surface area contributed by atoms with E-state index in [4.69, 9.17) is 19.2 Å². The van der Waals surface area contributed by atoms with Crippen LogP contribution < -0.4 is 5.32 Å². The van der Waals surface area contributed by atoms with Gasteiger partial charge in [-0.05, 0) is 67.4 Å². The molecule has 10 rings (SSSR count). The lowest BCUT2D eigenvalue weighted by atomic mass is 9.53. The van der Waals surface area contributed by atoms with Gasteiger partial charge in [0.1, 0.15) is 18.5 Å². The van der Waals surface area contributed by atoms with Crippen LogP contribution in [0.1, 0.15) is 55.9 Å². The van der Waals surface area contributed by atoms with Crippen LogP contribution in [0.5, 0.6) is 0 Å². The minimum atomic E-state index is -1.15. The maximum Gasteiger partial charge on any atom is 0.335 e. The quantitative estimate of drug-likeness (QED) is 0.523. The summed E-state index contributed by atoms with van der Waals surface area (Å²) < 4.78 is 20.9. The van der Waals surface area contributed by atoms with Crippen molar-refractivity contribution in [1.29, 1.82) is 0 Å². The second-order valence-electron chi connectivity index (χ2n) is 12.9. The van der Waals surface area contributed by atoms with E-state index in [1.807, 2.05) is 12.1 Å². The Hall–Kier alpha value is -3.08. The van der Waals surface area contributed by atoms with Gasteiger partial charge in [0.25, 0.3) is 0 Å². The summed E-state index contributed by atoms with van der Waals surface area (Å²) in [7, 11) is 0. The SMILES string of the molecule is O=C(O)[C@H]1O[C@@H](n2cnc3c(NC45CC6CC(CC(C6)C4)C5)ncnc32)[C@@H]2OC3(Cc4ccccc4C3)O[C@@H]21. The van der Waals surface area contributed by atoms with Gasteiger partial charge in [-0.15, -0.1) is 0 Å². The Bertz CT molecular complexity index is 1440. The molecule has 1 aromatic carbocycles. The number of carboxylic acids is 1. The fraction of sp³-hybridized carbons (Fsp3) is 0.586. The topological polar surface area (TPSA) is 121 Å². The number of benzene rings is 1. The Kier molecular flexibility index (Phi) is 4.52. The molecule has 10 heteroatoms. The van der Waals surface area contributed by atoms with E-state index in [9.17, 15) is 9.90 Å². The molecule has 0 radical (unpaired) electrons. The first-order chi connectivity index (χ1) is 19.0. The number of aliphatic carboxylic acids is 1. The van der Waals surface area contributed by atoms with Crippen molar-refractivity contribution in [2.75, 3.05) is 5.32 Å². The summed E-state index contributed by atoms with van der Waals surface area (Å²) >= 11 is 0. The summed E-state index contributed by atoms with van der Waals surface area (Å²) in [4.78, 5) is 26.1. The van der Waals surface area contributed by atoms with Crippen molar-refractivity contribution in [3.05, 3.63) is 48.0 Å². The van der Waals surface area contributed by atoms with Gasteiger partial charge in [0, 0.05) is 18.4 Å². The van der Waals surface area contributed by atoms with Crippen LogP contribution in [0.25, 0.3) is 11.2 Å². The lowest BCUT2D eigenvalue weighted by Crippen LogP contribution is -2.54. The molecule has 2 saturated heterocycles. The Balaban J connectivity index is 1.05. The van der Waals surface area contributed by atoms with Gasteiger partial charge in [0.05, 0.1) is 6.33 Å². The Morgan fingerprint density at radius 1 is 0.949 bits per heavy atom. The number of rotatable bonds is 4. The van der Waals surface area contributed by atoms with E-state index in [-0.39, 0.29) is 5.54 Å². The van der Waals surface area contributed by atoms with Crippen LogP contribution >= 0.6 is 0 Å². The number of hydrogen-bond donors (Lipinski definition) is 2.